The van der Waals surface area contributed by atoms with E-state index in [1.54, 1.807) is 24.3 Å². The average molecular weight is 281 g/mol. The third kappa shape index (κ3) is 3.10. The molecule has 20 heavy (non-hydrogen) atoms. The number of hydrogen-bond donors (Lipinski definition) is 0. The van der Waals surface area contributed by atoms with Crippen LogP contribution in [0.5, 0.6) is 0 Å². The molecule has 0 aliphatic heterocycles. The highest BCUT2D eigenvalue weighted by Gasteiger charge is 2.29. The van der Waals surface area contributed by atoms with E-state index in [0.29, 0.717) is 5.56 Å². The van der Waals surface area contributed by atoms with Gasteiger partial charge < -0.3 is 4.57 Å². The van der Waals surface area contributed by atoms with Crippen LogP contribution in [0.25, 0.3) is 0 Å². The summed E-state index contributed by atoms with van der Waals surface area (Å²) in [7, 11) is 1.47. The molecule has 1 aromatic heterocycles. The molecule has 0 unspecified atom stereocenters. The fraction of sp³-hybridized carbons (Fsp3) is 0.267. The first-order valence-electron chi connectivity index (χ1n) is 6.10. The fourth-order valence-corrected chi connectivity index (χ4v) is 2.02. The molecule has 106 valence electrons. The number of aromatic nitrogens is 1. The van der Waals surface area contributed by atoms with Gasteiger partial charge in [0.2, 0.25) is 5.78 Å². The molecule has 0 spiro atoms. The summed E-state index contributed by atoms with van der Waals surface area (Å²) >= 11 is 0. The van der Waals surface area contributed by atoms with E-state index in [4.69, 9.17) is 0 Å². The number of hydrogen-bond acceptors (Lipinski definition) is 1. The first-order valence-corrected chi connectivity index (χ1v) is 6.10. The molecule has 0 amide bonds. The molecular weight excluding hydrogens is 267 g/mol. The molecule has 0 saturated carbocycles. The summed E-state index contributed by atoms with van der Waals surface area (Å²) in [6.07, 6.45) is -5.32. The number of carbonyl (C=O) groups excluding carboxylic acids is 1. The molecule has 0 radical (unpaired) electrons. The predicted molar refractivity (Wildman–Crippen MR) is 69.8 cm³/mol. The summed E-state index contributed by atoms with van der Waals surface area (Å²) in [5, 5.41) is 0. The summed E-state index contributed by atoms with van der Waals surface area (Å²) in [5.41, 5.74) is 1.82. The van der Waals surface area contributed by atoms with Gasteiger partial charge in [-0.15, -0.1) is 0 Å². The molecule has 5 heteroatoms. The van der Waals surface area contributed by atoms with Crippen LogP contribution in [-0.2, 0) is 13.5 Å². The molecular formula is C15H14F3NO. The predicted octanol–water partition coefficient (Wildman–Crippen LogP) is 3.67. The second kappa shape index (κ2) is 5.15. The van der Waals surface area contributed by atoms with Crippen molar-refractivity contribution >= 4 is 5.78 Å². The Hall–Kier alpha value is -2.04. The Kier molecular flexibility index (Phi) is 3.70. The summed E-state index contributed by atoms with van der Waals surface area (Å²) in [6.45, 7) is 1.90. The molecule has 0 atom stereocenters. The minimum Gasteiger partial charge on any atom is -0.345 e. The summed E-state index contributed by atoms with van der Waals surface area (Å²) < 4.78 is 38.5. The minimum atomic E-state index is -4.28. The lowest BCUT2D eigenvalue weighted by Crippen LogP contribution is -2.16. The molecule has 0 fully saturated rings. The Bertz CT molecular complexity index is 624. The van der Waals surface area contributed by atoms with Crippen LogP contribution in [-0.4, -0.2) is 16.5 Å². The number of aryl methyl sites for hydroxylation is 1. The van der Waals surface area contributed by atoms with Gasteiger partial charge in [0.25, 0.3) is 0 Å². The first kappa shape index (κ1) is 14.4. The number of alkyl halides is 3. The van der Waals surface area contributed by atoms with Crippen LogP contribution in [0.4, 0.5) is 13.2 Å². The number of ketones is 1. The van der Waals surface area contributed by atoms with Crippen LogP contribution < -0.4 is 0 Å². The van der Waals surface area contributed by atoms with E-state index in [2.05, 4.69) is 0 Å². The minimum absolute atomic E-state index is 0.0768. The lowest BCUT2D eigenvalue weighted by Gasteiger charge is -2.09. The van der Waals surface area contributed by atoms with Crippen molar-refractivity contribution in [2.24, 2.45) is 7.05 Å². The van der Waals surface area contributed by atoms with E-state index in [1.165, 1.54) is 23.7 Å². The van der Waals surface area contributed by atoms with Gasteiger partial charge in [0.15, 0.2) is 0 Å². The van der Waals surface area contributed by atoms with E-state index in [9.17, 15) is 18.0 Å². The Labute approximate surface area is 114 Å². The maximum Gasteiger partial charge on any atom is 0.394 e. The quantitative estimate of drug-likeness (QED) is 0.787. The van der Waals surface area contributed by atoms with Crippen molar-refractivity contribution in [3.8, 4) is 0 Å². The monoisotopic (exact) mass is 281 g/mol. The van der Waals surface area contributed by atoms with Crippen LogP contribution in [0.2, 0.25) is 0 Å². The molecule has 0 aliphatic carbocycles. The molecule has 2 aromatic rings. The summed E-state index contributed by atoms with van der Waals surface area (Å²) in [6, 6.07) is 9.72. The van der Waals surface area contributed by atoms with Gasteiger partial charge in [0, 0.05) is 18.3 Å². The van der Waals surface area contributed by atoms with Crippen molar-refractivity contribution in [3.05, 3.63) is 58.9 Å². The highest BCUT2D eigenvalue weighted by Crippen LogP contribution is 2.23. The third-order valence-electron chi connectivity index (χ3n) is 3.15. The number of rotatable bonds is 3. The largest absolute Gasteiger partial charge is 0.394 e. The van der Waals surface area contributed by atoms with Crippen molar-refractivity contribution in [2.45, 2.75) is 19.5 Å². The van der Waals surface area contributed by atoms with Gasteiger partial charge in [0.05, 0.1) is 12.1 Å². The van der Waals surface area contributed by atoms with E-state index in [0.717, 1.165) is 5.56 Å². The molecule has 0 aliphatic rings. The zero-order valence-corrected chi connectivity index (χ0v) is 11.2. The third-order valence-corrected chi connectivity index (χ3v) is 3.15. The Morgan fingerprint density at radius 2 is 1.70 bits per heavy atom. The van der Waals surface area contributed by atoms with Gasteiger partial charge in [-0.25, -0.2) is 0 Å². The lowest BCUT2D eigenvalue weighted by molar-refractivity contribution is -0.128. The van der Waals surface area contributed by atoms with E-state index >= 15 is 0 Å². The van der Waals surface area contributed by atoms with E-state index in [1.807, 2.05) is 6.92 Å². The van der Waals surface area contributed by atoms with E-state index < -0.39 is 12.6 Å². The second-order valence-electron chi connectivity index (χ2n) is 4.76. The SMILES string of the molecule is Cc1ccc(C(=O)c2ccc(CC(F)(F)F)n2C)cc1. The van der Waals surface area contributed by atoms with Crippen LogP contribution >= 0.6 is 0 Å². The molecule has 2 nitrogen and oxygen atoms in total. The number of benzene rings is 1. The first-order chi connectivity index (χ1) is 9.28. The smallest absolute Gasteiger partial charge is 0.345 e. The molecule has 0 N–H and O–H groups in total. The van der Waals surface area contributed by atoms with Gasteiger partial charge in [-0.2, -0.15) is 13.2 Å². The molecule has 2 rings (SSSR count). The highest BCUT2D eigenvalue weighted by molar-refractivity contribution is 6.08. The highest BCUT2D eigenvalue weighted by atomic mass is 19.4. The second-order valence-corrected chi connectivity index (χ2v) is 4.76. The van der Waals surface area contributed by atoms with Crippen molar-refractivity contribution in [1.82, 2.24) is 4.57 Å². The van der Waals surface area contributed by atoms with Crippen LogP contribution in [0.15, 0.2) is 36.4 Å². The van der Waals surface area contributed by atoms with Gasteiger partial charge in [-0.1, -0.05) is 29.8 Å². The Balaban J connectivity index is 2.30. The van der Waals surface area contributed by atoms with Crippen LogP contribution in [0.3, 0.4) is 0 Å². The fourth-order valence-electron chi connectivity index (χ4n) is 2.02. The zero-order chi connectivity index (χ0) is 14.9. The molecule has 1 heterocycles. The Morgan fingerprint density at radius 3 is 2.25 bits per heavy atom. The normalized spacial score (nSPS) is 11.7. The Morgan fingerprint density at radius 1 is 1.10 bits per heavy atom. The maximum atomic E-state index is 12.4. The summed E-state index contributed by atoms with van der Waals surface area (Å²) in [4.78, 5) is 12.3. The lowest BCUT2D eigenvalue weighted by atomic mass is 10.1. The zero-order valence-electron chi connectivity index (χ0n) is 11.2. The van der Waals surface area contributed by atoms with Crippen molar-refractivity contribution in [1.29, 1.82) is 0 Å². The standard InChI is InChI=1S/C15H14F3NO/c1-10-3-5-11(6-4-10)14(20)13-8-7-12(19(13)2)9-15(16,17)18/h3-8H,9H2,1-2H3. The van der Waals surface area contributed by atoms with Gasteiger partial charge in [0.1, 0.15) is 0 Å². The van der Waals surface area contributed by atoms with Gasteiger partial charge in [-0.05, 0) is 19.1 Å². The van der Waals surface area contributed by atoms with Crippen LogP contribution in [0.1, 0.15) is 27.3 Å². The van der Waals surface area contributed by atoms with Crippen molar-refractivity contribution < 1.29 is 18.0 Å². The maximum absolute atomic E-state index is 12.4. The van der Waals surface area contributed by atoms with Crippen LogP contribution in [0, 0.1) is 6.92 Å². The number of carbonyl (C=O) groups is 1. The van der Waals surface area contributed by atoms with Gasteiger partial charge in [-0.3, -0.25) is 4.79 Å². The van der Waals surface area contributed by atoms with Gasteiger partial charge >= 0.3 is 6.18 Å². The molecule has 1 aromatic carbocycles. The van der Waals surface area contributed by atoms with E-state index in [-0.39, 0.29) is 17.2 Å². The summed E-state index contributed by atoms with van der Waals surface area (Å²) in [5.74, 6) is -0.277. The van der Waals surface area contributed by atoms with Crippen molar-refractivity contribution in [3.63, 3.8) is 0 Å². The molecule has 0 saturated heterocycles. The number of halogens is 3. The average Bonchev–Trinajstić information content (AvgIpc) is 2.69. The topological polar surface area (TPSA) is 22.0 Å². The van der Waals surface area contributed by atoms with Crippen molar-refractivity contribution in [2.75, 3.05) is 0 Å². The molecule has 0 bridgehead atoms. The number of nitrogens with zero attached hydrogens (tertiary/aromatic N) is 1.